The predicted octanol–water partition coefficient (Wildman–Crippen LogP) is 3.55. The minimum Gasteiger partial charge on any atom is -0.454 e. The van der Waals surface area contributed by atoms with Crippen molar-refractivity contribution in [3.63, 3.8) is 0 Å². The lowest BCUT2D eigenvalue weighted by Crippen LogP contribution is -1.97. The van der Waals surface area contributed by atoms with Gasteiger partial charge in [0.2, 0.25) is 0 Å². The number of nitrogens with one attached hydrogen (secondary N) is 1. The van der Waals surface area contributed by atoms with Gasteiger partial charge in [0.1, 0.15) is 22.9 Å². The maximum Gasteiger partial charge on any atom is 0.154 e. The first-order valence-corrected chi connectivity index (χ1v) is 6.20. The van der Waals surface area contributed by atoms with E-state index in [0.29, 0.717) is 0 Å². The van der Waals surface area contributed by atoms with E-state index in [1.54, 1.807) is 0 Å². The van der Waals surface area contributed by atoms with E-state index in [1.165, 1.54) is 5.56 Å². The molecule has 1 aromatic carbocycles. The van der Waals surface area contributed by atoms with Gasteiger partial charge in [0.25, 0.3) is 0 Å². The lowest BCUT2D eigenvalue weighted by molar-refractivity contribution is 0.628. The second kappa shape index (κ2) is 4.39. The van der Waals surface area contributed by atoms with Gasteiger partial charge in [-0.25, -0.2) is 9.97 Å². The number of benzene rings is 1. The third kappa shape index (κ3) is 2.17. The van der Waals surface area contributed by atoms with Gasteiger partial charge in [-0.1, -0.05) is 11.6 Å². The van der Waals surface area contributed by atoms with Crippen LogP contribution in [0.5, 0.6) is 0 Å². The number of hydrogen-bond acceptors (Lipinski definition) is 4. The van der Waals surface area contributed by atoms with Gasteiger partial charge >= 0.3 is 0 Å². The van der Waals surface area contributed by atoms with Crippen LogP contribution in [0.15, 0.2) is 34.7 Å². The normalized spacial score (nSPS) is 10.9. The Balaban J connectivity index is 2.15. The van der Waals surface area contributed by atoms with Crippen molar-refractivity contribution in [2.75, 3.05) is 12.4 Å². The molecule has 2 aromatic heterocycles. The molecule has 4 heteroatoms. The topological polar surface area (TPSA) is 51.0 Å². The number of aromatic nitrogens is 2. The van der Waals surface area contributed by atoms with Crippen molar-refractivity contribution in [3.8, 4) is 11.5 Å². The van der Waals surface area contributed by atoms with Crippen molar-refractivity contribution in [3.05, 3.63) is 41.7 Å². The molecule has 0 spiro atoms. The Labute approximate surface area is 111 Å². The molecule has 1 N–H and O–H groups in total. The Morgan fingerprint density at radius 3 is 2.68 bits per heavy atom. The lowest BCUT2D eigenvalue weighted by atomic mass is 10.2. The maximum atomic E-state index is 5.85. The average molecular weight is 253 g/mol. The first kappa shape index (κ1) is 11.7. The van der Waals surface area contributed by atoms with Crippen LogP contribution in [-0.2, 0) is 0 Å². The van der Waals surface area contributed by atoms with Crippen LogP contribution in [0.3, 0.4) is 0 Å². The van der Waals surface area contributed by atoms with Crippen molar-refractivity contribution in [2.24, 2.45) is 0 Å². The standard InChI is InChI=1S/C15H15N3O/c1-9-4-5-13-11(6-9)7-14(19-13)12-8-15(16-3)18-10(2)17-12/h4-8H,1-3H3,(H,16,17,18). The number of hydrogen-bond donors (Lipinski definition) is 1. The van der Waals surface area contributed by atoms with E-state index in [2.05, 4.69) is 28.3 Å². The Kier molecular flexibility index (Phi) is 2.71. The molecule has 0 bridgehead atoms. The Hall–Kier alpha value is -2.36. The number of furan rings is 1. The van der Waals surface area contributed by atoms with Crippen LogP contribution < -0.4 is 5.32 Å². The van der Waals surface area contributed by atoms with Crippen LogP contribution >= 0.6 is 0 Å². The van der Waals surface area contributed by atoms with E-state index in [1.807, 2.05) is 38.2 Å². The predicted molar refractivity (Wildman–Crippen MR) is 76.3 cm³/mol. The molecule has 0 fully saturated rings. The molecular weight excluding hydrogens is 238 g/mol. The average Bonchev–Trinajstić information content (AvgIpc) is 2.80. The molecule has 3 aromatic rings. The van der Waals surface area contributed by atoms with E-state index >= 15 is 0 Å². The fourth-order valence-electron chi connectivity index (χ4n) is 2.11. The second-order valence-corrected chi connectivity index (χ2v) is 4.59. The number of nitrogens with zero attached hydrogens (tertiary/aromatic N) is 2. The number of rotatable bonds is 2. The second-order valence-electron chi connectivity index (χ2n) is 4.59. The molecule has 0 atom stereocenters. The fourth-order valence-corrected chi connectivity index (χ4v) is 2.11. The molecular formula is C15H15N3O. The molecule has 0 aliphatic heterocycles. The Bertz CT molecular complexity index is 746. The summed E-state index contributed by atoms with van der Waals surface area (Å²) in [5.74, 6) is 2.28. The van der Waals surface area contributed by atoms with Crippen LogP contribution in [0.4, 0.5) is 5.82 Å². The van der Waals surface area contributed by atoms with Gasteiger partial charge in [-0.05, 0) is 32.0 Å². The highest BCUT2D eigenvalue weighted by molar-refractivity contribution is 5.83. The van der Waals surface area contributed by atoms with E-state index < -0.39 is 0 Å². The van der Waals surface area contributed by atoms with Gasteiger partial charge in [-0.3, -0.25) is 0 Å². The van der Waals surface area contributed by atoms with Crippen LogP contribution in [0.1, 0.15) is 11.4 Å². The highest BCUT2D eigenvalue weighted by Crippen LogP contribution is 2.28. The summed E-state index contributed by atoms with van der Waals surface area (Å²) in [6.45, 7) is 3.94. The third-order valence-corrected chi connectivity index (χ3v) is 3.02. The molecule has 3 rings (SSSR count). The van der Waals surface area contributed by atoms with Crippen LogP contribution in [0.25, 0.3) is 22.4 Å². The number of fused-ring (bicyclic) bond motifs is 1. The zero-order valence-electron chi connectivity index (χ0n) is 11.2. The van der Waals surface area contributed by atoms with Gasteiger partial charge in [0.05, 0.1) is 0 Å². The van der Waals surface area contributed by atoms with Gasteiger partial charge < -0.3 is 9.73 Å². The van der Waals surface area contributed by atoms with Gasteiger partial charge in [-0.2, -0.15) is 0 Å². The summed E-state index contributed by atoms with van der Waals surface area (Å²) in [6, 6.07) is 10.0. The molecule has 96 valence electrons. The van der Waals surface area contributed by atoms with E-state index in [9.17, 15) is 0 Å². The summed E-state index contributed by atoms with van der Waals surface area (Å²) >= 11 is 0. The molecule has 0 radical (unpaired) electrons. The monoisotopic (exact) mass is 253 g/mol. The minimum atomic E-state index is 0.721. The van der Waals surface area contributed by atoms with Crippen molar-refractivity contribution in [2.45, 2.75) is 13.8 Å². The molecule has 0 saturated heterocycles. The quantitative estimate of drug-likeness (QED) is 0.758. The SMILES string of the molecule is CNc1cc(-c2cc3cc(C)ccc3o2)nc(C)n1. The van der Waals surface area contributed by atoms with Gasteiger partial charge in [0, 0.05) is 18.5 Å². The molecule has 0 amide bonds. The molecule has 19 heavy (non-hydrogen) atoms. The summed E-state index contributed by atoms with van der Waals surface area (Å²) in [5.41, 5.74) is 2.89. The number of aryl methyl sites for hydroxylation is 2. The number of anilines is 1. The van der Waals surface area contributed by atoms with Gasteiger partial charge in [0.15, 0.2) is 5.76 Å². The smallest absolute Gasteiger partial charge is 0.154 e. The Morgan fingerprint density at radius 1 is 1.05 bits per heavy atom. The lowest BCUT2D eigenvalue weighted by Gasteiger charge is -2.02. The first-order chi connectivity index (χ1) is 9.15. The maximum absolute atomic E-state index is 5.85. The molecule has 0 saturated carbocycles. The van der Waals surface area contributed by atoms with Crippen molar-refractivity contribution in [1.82, 2.24) is 9.97 Å². The van der Waals surface area contributed by atoms with E-state index in [0.717, 1.165) is 34.1 Å². The minimum absolute atomic E-state index is 0.721. The summed E-state index contributed by atoms with van der Waals surface area (Å²) in [5, 5.41) is 4.12. The molecule has 0 aliphatic rings. The molecule has 4 nitrogen and oxygen atoms in total. The zero-order chi connectivity index (χ0) is 13.4. The van der Waals surface area contributed by atoms with E-state index in [4.69, 9.17) is 4.42 Å². The Morgan fingerprint density at radius 2 is 1.89 bits per heavy atom. The summed E-state index contributed by atoms with van der Waals surface area (Å²) in [6.07, 6.45) is 0. The fraction of sp³-hybridized carbons (Fsp3) is 0.200. The molecule has 2 heterocycles. The molecule has 0 unspecified atom stereocenters. The van der Waals surface area contributed by atoms with Crippen LogP contribution in [0, 0.1) is 13.8 Å². The zero-order valence-corrected chi connectivity index (χ0v) is 11.2. The van der Waals surface area contributed by atoms with Crippen LogP contribution in [-0.4, -0.2) is 17.0 Å². The van der Waals surface area contributed by atoms with Crippen molar-refractivity contribution < 1.29 is 4.42 Å². The van der Waals surface area contributed by atoms with Gasteiger partial charge in [-0.15, -0.1) is 0 Å². The van der Waals surface area contributed by atoms with E-state index in [-0.39, 0.29) is 0 Å². The summed E-state index contributed by atoms with van der Waals surface area (Å²) < 4.78 is 5.85. The third-order valence-electron chi connectivity index (χ3n) is 3.02. The molecule has 0 aliphatic carbocycles. The highest BCUT2D eigenvalue weighted by atomic mass is 16.3. The first-order valence-electron chi connectivity index (χ1n) is 6.20. The van der Waals surface area contributed by atoms with Crippen LogP contribution in [0.2, 0.25) is 0 Å². The van der Waals surface area contributed by atoms with Crippen molar-refractivity contribution in [1.29, 1.82) is 0 Å². The van der Waals surface area contributed by atoms with Crippen molar-refractivity contribution >= 4 is 16.8 Å². The summed E-state index contributed by atoms with van der Waals surface area (Å²) in [7, 11) is 1.84. The largest absolute Gasteiger partial charge is 0.454 e. The highest BCUT2D eigenvalue weighted by Gasteiger charge is 2.09. The summed E-state index contributed by atoms with van der Waals surface area (Å²) in [4.78, 5) is 8.71.